The first kappa shape index (κ1) is 42.2. The van der Waals surface area contributed by atoms with Gasteiger partial charge in [-0.15, -0.1) is 0 Å². The van der Waals surface area contributed by atoms with E-state index in [1.165, 1.54) is 167 Å². The molecule has 0 aliphatic rings. The lowest BCUT2D eigenvalue weighted by Crippen LogP contribution is -2.35. The molecule has 0 spiro atoms. The molecule has 0 aliphatic heterocycles. The molecule has 0 unspecified atom stereocenters. The van der Waals surface area contributed by atoms with E-state index in [-0.39, 0.29) is 18.4 Å². The lowest BCUT2D eigenvalue weighted by Gasteiger charge is -2.22. The molecule has 0 aromatic carbocycles. The maximum Gasteiger partial charge on any atom is 0.244 e. The van der Waals surface area contributed by atoms with Gasteiger partial charge in [0.1, 0.15) is 6.54 Å². The van der Waals surface area contributed by atoms with Crippen molar-refractivity contribution in [2.24, 2.45) is 16.5 Å². The molecule has 44 heavy (non-hydrogen) atoms. The number of rotatable bonds is 34. The molecule has 0 radical (unpaired) electrons. The Kier molecular flexibility index (Phi) is 34.3. The van der Waals surface area contributed by atoms with Crippen molar-refractivity contribution in [3.05, 3.63) is 24.3 Å². The van der Waals surface area contributed by atoms with Gasteiger partial charge in [-0.2, -0.15) is 0 Å². The van der Waals surface area contributed by atoms with Crippen LogP contribution >= 0.6 is 0 Å². The second-order valence-electron chi connectivity index (χ2n) is 13.0. The first-order valence-electron chi connectivity index (χ1n) is 19.2. The molecule has 0 heterocycles. The zero-order valence-corrected chi connectivity index (χ0v) is 29.7. The summed E-state index contributed by atoms with van der Waals surface area (Å²) in [5.41, 5.74) is 10.9. The summed E-state index contributed by atoms with van der Waals surface area (Å²) < 4.78 is 0. The number of nitrogens with zero attached hydrogens (tertiary/aromatic N) is 2. The Morgan fingerprint density at radius 3 is 1.09 bits per heavy atom. The zero-order valence-electron chi connectivity index (χ0n) is 29.7. The van der Waals surface area contributed by atoms with Gasteiger partial charge in [0.05, 0.1) is 0 Å². The Balaban J connectivity index is 3.86. The first-order valence-corrected chi connectivity index (χ1v) is 19.2. The number of aliphatic imine (C=N–C) groups is 1. The Hall–Kier alpha value is -1.78. The van der Waals surface area contributed by atoms with E-state index >= 15 is 0 Å². The monoisotopic (exact) mass is 617 g/mol. The van der Waals surface area contributed by atoms with Crippen LogP contribution in [0.1, 0.15) is 194 Å². The summed E-state index contributed by atoms with van der Waals surface area (Å²) in [7, 11) is 0. The van der Waals surface area contributed by atoms with Crippen molar-refractivity contribution in [3.63, 3.8) is 0 Å². The standard InChI is InChI=1S/C39H76N4O/c1-3-5-7-9-11-13-15-17-19-21-23-25-27-29-31-33-35-43(38(44)37-42-39(40)41)36-34-32-30-28-26-24-22-20-18-16-14-12-10-8-6-4-2/h17-20H,3-16,21-37H2,1-2H3,(H4,40,41,42)/b19-17-,20-18-. The van der Waals surface area contributed by atoms with Crippen LogP contribution in [0.25, 0.3) is 0 Å². The van der Waals surface area contributed by atoms with Crippen molar-refractivity contribution in [1.29, 1.82) is 0 Å². The smallest absolute Gasteiger partial charge is 0.244 e. The van der Waals surface area contributed by atoms with Crippen LogP contribution in [0.4, 0.5) is 0 Å². The summed E-state index contributed by atoms with van der Waals surface area (Å²) in [5, 5.41) is 0. The minimum absolute atomic E-state index is 0.00666. The Labute approximate surface area is 275 Å². The predicted molar refractivity (Wildman–Crippen MR) is 196 cm³/mol. The normalized spacial score (nSPS) is 11.6. The molecule has 0 bridgehead atoms. The van der Waals surface area contributed by atoms with Crippen LogP contribution in [0, 0.1) is 0 Å². The number of guanidine groups is 1. The molecule has 0 saturated heterocycles. The van der Waals surface area contributed by atoms with Crippen molar-refractivity contribution in [2.75, 3.05) is 19.6 Å². The van der Waals surface area contributed by atoms with Crippen LogP contribution in [0.15, 0.2) is 29.3 Å². The van der Waals surface area contributed by atoms with E-state index < -0.39 is 0 Å². The molecule has 0 fully saturated rings. The highest BCUT2D eigenvalue weighted by atomic mass is 16.2. The fraction of sp³-hybridized carbons (Fsp3) is 0.846. The third kappa shape index (κ3) is 33.1. The second kappa shape index (κ2) is 35.7. The molecule has 4 N–H and O–H groups in total. The highest BCUT2D eigenvalue weighted by Crippen LogP contribution is 2.13. The summed E-state index contributed by atoms with van der Waals surface area (Å²) >= 11 is 0. The summed E-state index contributed by atoms with van der Waals surface area (Å²) in [6.45, 7) is 6.27. The average Bonchev–Trinajstić information content (AvgIpc) is 3.02. The Bertz CT molecular complexity index is 642. The lowest BCUT2D eigenvalue weighted by molar-refractivity contribution is -0.129. The van der Waals surface area contributed by atoms with Gasteiger partial charge >= 0.3 is 0 Å². The van der Waals surface area contributed by atoms with Crippen LogP contribution in [0.2, 0.25) is 0 Å². The highest BCUT2D eigenvalue weighted by molar-refractivity contribution is 5.83. The van der Waals surface area contributed by atoms with Gasteiger partial charge in [0.15, 0.2) is 5.96 Å². The lowest BCUT2D eigenvalue weighted by atomic mass is 10.1. The van der Waals surface area contributed by atoms with Gasteiger partial charge in [-0.25, -0.2) is 4.99 Å². The molecular formula is C39H76N4O. The SMILES string of the molecule is CCCCCCCC/C=C\CCCCCCCCN(CCCCCCCC/C=C\CCCCCCCC)C(=O)CN=C(N)N. The van der Waals surface area contributed by atoms with Gasteiger partial charge in [-0.3, -0.25) is 4.79 Å². The second-order valence-corrected chi connectivity index (χ2v) is 13.0. The van der Waals surface area contributed by atoms with E-state index in [0.29, 0.717) is 0 Å². The average molecular weight is 617 g/mol. The molecule has 0 aromatic heterocycles. The van der Waals surface area contributed by atoms with Gasteiger partial charge in [-0.05, 0) is 64.2 Å². The van der Waals surface area contributed by atoms with E-state index in [9.17, 15) is 4.79 Å². The Morgan fingerprint density at radius 2 is 0.773 bits per heavy atom. The minimum Gasteiger partial charge on any atom is -0.370 e. The zero-order chi connectivity index (χ0) is 32.2. The topological polar surface area (TPSA) is 84.7 Å². The van der Waals surface area contributed by atoms with E-state index in [1.807, 2.05) is 4.90 Å². The van der Waals surface area contributed by atoms with Crippen molar-refractivity contribution in [1.82, 2.24) is 4.90 Å². The van der Waals surface area contributed by atoms with E-state index in [1.54, 1.807) is 0 Å². The molecule has 5 nitrogen and oxygen atoms in total. The third-order valence-corrected chi connectivity index (χ3v) is 8.63. The van der Waals surface area contributed by atoms with Crippen molar-refractivity contribution in [3.8, 4) is 0 Å². The molecule has 5 heteroatoms. The quantitative estimate of drug-likeness (QED) is 0.0326. The van der Waals surface area contributed by atoms with Crippen molar-refractivity contribution in [2.45, 2.75) is 194 Å². The number of nitrogens with two attached hydrogens (primary N) is 2. The fourth-order valence-electron chi connectivity index (χ4n) is 5.72. The summed E-state index contributed by atoms with van der Waals surface area (Å²) in [4.78, 5) is 18.7. The molecular weight excluding hydrogens is 540 g/mol. The molecule has 0 aromatic rings. The van der Waals surface area contributed by atoms with Crippen molar-refractivity contribution < 1.29 is 4.79 Å². The number of amides is 1. The van der Waals surface area contributed by atoms with Gasteiger partial charge in [-0.1, -0.05) is 154 Å². The number of carbonyl (C=O) groups is 1. The minimum atomic E-state index is -0.00666. The van der Waals surface area contributed by atoms with Gasteiger partial charge < -0.3 is 16.4 Å². The predicted octanol–water partition coefficient (Wildman–Crippen LogP) is 11.2. The highest BCUT2D eigenvalue weighted by Gasteiger charge is 2.12. The van der Waals surface area contributed by atoms with Crippen LogP contribution in [-0.4, -0.2) is 36.4 Å². The largest absolute Gasteiger partial charge is 0.370 e. The molecule has 258 valence electrons. The molecule has 0 atom stereocenters. The first-order chi connectivity index (χ1) is 21.6. The van der Waals surface area contributed by atoms with E-state index in [2.05, 4.69) is 43.1 Å². The van der Waals surface area contributed by atoms with Crippen LogP contribution in [-0.2, 0) is 4.79 Å². The van der Waals surface area contributed by atoms with Crippen molar-refractivity contribution >= 4 is 11.9 Å². The summed E-state index contributed by atoms with van der Waals surface area (Å²) in [5.74, 6) is 0.0479. The number of unbranched alkanes of at least 4 members (excludes halogenated alkanes) is 24. The molecule has 0 rings (SSSR count). The van der Waals surface area contributed by atoms with Gasteiger partial charge in [0, 0.05) is 13.1 Å². The summed E-state index contributed by atoms with van der Waals surface area (Å²) in [6.07, 6.45) is 45.9. The van der Waals surface area contributed by atoms with Crippen LogP contribution < -0.4 is 11.5 Å². The maximum absolute atomic E-state index is 12.7. The number of carbonyl (C=O) groups excluding carboxylic acids is 1. The number of allylic oxidation sites excluding steroid dienone is 4. The fourth-order valence-corrected chi connectivity index (χ4v) is 5.72. The molecule has 0 saturated carbocycles. The number of hydrogen-bond donors (Lipinski definition) is 2. The number of hydrogen-bond acceptors (Lipinski definition) is 2. The van der Waals surface area contributed by atoms with Gasteiger partial charge in [0.2, 0.25) is 5.91 Å². The molecule has 0 aliphatic carbocycles. The van der Waals surface area contributed by atoms with E-state index in [4.69, 9.17) is 11.5 Å². The molecule has 1 amide bonds. The summed E-state index contributed by atoms with van der Waals surface area (Å²) in [6, 6.07) is 0. The maximum atomic E-state index is 12.7. The van der Waals surface area contributed by atoms with E-state index in [0.717, 1.165) is 25.9 Å². The van der Waals surface area contributed by atoms with Crippen LogP contribution in [0.5, 0.6) is 0 Å². The van der Waals surface area contributed by atoms with Gasteiger partial charge in [0.25, 0.3) is 0 Å². The van der Waals surface area contributed by atoms with Crippen LogP contribution in [0.3, 0.4) is 0 Å². The third-order valence-electron chi connectivity index (χ3n) is 8.63. The Morgan fingerprint density at radius 1 is 0.477 bits per heavy atom.